The van der Waals surface area contributed by atoms with Crippen molar-refractivity contribution in [2.24, 2.45) is 11.8 Å². The van der Waals surface area contributed by atoms with Gasteiger partial charge in [0.1, 0.15) is 11.4 Å². The van der Waals surface area contributed by atoms with E-state index in [0.717, 1.165) is 25.2 Å². The number of nitro benzene ring substituents is 1. The molecule has 1 aliphatic rings. The Morgan fingerprint density at radius 3 is 2.74 bits per heavy atom. The highest BCUT2D eigenvalue weighted by atomic mass is 16.6. The molecule has 1 aromatic carbocycles. The molecule has 3 unspecified atom stereocenters. The highest BCUT2D eigenvalue weighted by Gasteiger charge is 2.27. The fraction of sp³-hybridized carbons (Fsp3) is 0.571. The summed E-state index contributed by atoms with van der Waals surface area (Å²) < 4.78 is 0. The fourth-order valence-electron chi connectivity index (χ4n) is 2.87. The molecule has 2 N–H and O–H groups in total. The summed E-state index contributed by atoms with van der Waals surface area (Å²) in [5.41, 5.74) is 0.431. The number of phenols is 1. The van der Waals surface area contributed by atoms with Crippen molar-refractivity contribution in [2.75, 3.05) is 5.32 Å². The molecule has 0 radical (unpaired) electrons. The van der Waals surface area contributed by atoms with Crippen LogP contribution in [0.5, 0.6) is 5.75 Å². The van der Waals surface area contributed by atoms with E-state index in [1.54, 1.807) is 6.07 Å². The van der Waals surface area contributed by atoms with E-state index in [0.29, 0.717) is 11.6 Å². The van der Waals surface area contributed by atoms with Crippen LogP contribution in [0.1, 0.15) is 33.1 Å². The van der Waals surface area contributed by atoms with Crippen molar-refractivity contribution in [3.63, 3.8) is 0 Å². The zero-order valence-corrected chi connectivity index (χ0v) is 11.3. The average Bonchev–Trinajstić information content (AvgIpc) is 2.34. The van der Waals surface area contributed by atoms with Crippen LogP contribution >= 0.6 is 0 Å². The molecule has 1 aromatic rings. The summed E-state index contributed by atoms with van der Waals surface area (Å²) >= 11 is 0. The number of anilines is 1. The molecule has 3 atom stereocenters. The van der Waals surface area contributed by atoms with Crippen LogP contribution in [0.2, 0.25) is 0 Å². The van der Waals surface area contributed by atoms with Gasteiger partial charge in [-0.25, -0.2) is 0 Å². The summed E-state index contributed by atoms with van der Waals surface area (Å²) in [5, 5.41) is 23.6. The van der Waals surface area contributed by atoms with Crippen molar-refractivity contribution in [3.8, 4) is 5.75 Å². The second-order valence-corrected chi connectivity index (χ2v) is 5.60. The molecule has 0 amide bonds. The van der Waals surface area contributed by atoms with Crippen molar-refractivity contribution in [3.05, 3.63) is 28.3 Å². The molecule has 0 heterocycles. The van der Waals surface area contributed by atoms with Gasteiger partial charge in [0.2, 0.25) is 0 Å². The molecule has 1 aliphatic carbocycles. The molecule has 5 nitrogen and oxygen atoms in total. The van der Waals surface area contributed by atoms with Crippen molar-refractivity contribution < 1.29 is 10.0 Å². The van der Waals surface area contributed by atoms with E-state index in [-0.39, 0.29) is 17.5 Å². The van der Waals surface area contributed by atoms with Crippen LogP contribution in [-0.2, 0) is 0 Å². The number of nitrogens with zero attached hydrogens (tertiary/aromatic N) is 1. The molecule has 0 spiro atoms. The first-order valence-electron chi connectivity index (χ1n) is 6.71. The molecule has 0 aliphatic heterocycles. The predicted octanol–water partition coefficient (Wildman–Crippen LogP) is 3.54. The number of benzene rings is 1. The molecule has 0 bridgehead atoms. The van der Waals surface area contributed by atoms with E-state index in [1.165, 1.54) is 12.1 Å². The van der Waals surface area contributed by atoms with Crippen LogP contribution in [-0.4, -0.2) is 16.1 Å². The van der Waals surface area contributed by atoms with Gasteiger partial charge in [-0.1, -0.05) is 13.8 Å². The normalized spacial score (nSPS) is 26.9. The molecule has 1 fully saturated rings. The van der Waals surface area contributed by atoms with E-state index in [1.807, 2.05) is 0 Å². The number of aromatic hydroxyl groups is 1. The van der Waals surface area contributed by atoms with Gasteiger partial charge in [0, 0.05) is 6.04 Å². The predicted molar refractivity (Wildman–Crippen MR) is 74.4 cm³/mol. The third-order valence-corrected chi connectivity index (χ3v) is 3.95. The minimum atomic E-state index is -0.460. The average molecular weight is 264 g/mol. The standard InChI is InChI=1S/C14H20N2O3/c1-9-3-5-12(10(2)7-9)15-13-6-4-11(17)8-14(13)16(18)19/h4,6,8-10,12,15,17H,3,5,7H2,1-2H3. The summed E-state index contributed by atoms with van der Waals surface area (Å²) in [5.74, 6) is 1.14. The van der Waals surface area contributed by atoms with Crippen molar-refractivity contribution >= 4 is 11.4 Å². The van der Waals surface area contributed by atoms with Gasteiger partial charge in [0.15, 0.2) is 0 Å². The lowest BCUT2D eigenvalue weighted by atomic mass is 9.80. The Balaban J connectivity index is 2.17. The first kappa shape index (κ1) is 13.6. The zero-order chi connectivity index (χ0) is 14.0. The van der Waals surface area contributed by atoms with E-state index in [9.17, 15) is 15.2 Å². The number of rotatable bonds is 3. The summed E-state index contributed by atoms with van der Waals surface area (Å²) in [7, 11) is 0. The Morgan fingerprint density at radius 1 is 1.37 bits per heavy atom. The van der Waals surface area contributed by atoms with Crippen molar-refractivity contribution in [1.82, 2.24) is 0 Å². The van der Waals surface area contributed by atoms with E-state index in [4.69, 9.17) is 0 Å². The molecular formula is C14H20N2O3. The largest absolute Gasteiger partial charge is 0.508 e. The highest BCUT2D eigenvalue weighted by Crippen LogP contribution is 2.34. The van der Waals surface area contributed by atoms with Crippen molar-refractivity contribution in [2.45, 2.75) is 39.2 Å². The van der Waals surface area contributed by atoms with E-state index >= 15 is 0 Å². The van der Waals surface area contributed by atoms with Gasteiger partial charge in [-0.3, -0.25) is 10.1 Å². The van der Waals surface area contributed by atoms with Crippen LogP contribution in [0.15, 0.2) is 18.2 Å². The first-order chi connectivity index (χ1) is 8.97. The number of nitrogens with one attached hydrogen (secondary N) is 1. The van der Waals surface area contributed by atoms with Gasteiger partial charge in [-0.05, 0) is 43.2 Å². The van der Waals surface area contributed by atoms with Gasteiger partial charge in [-0.2, -0.15) is 0 Å². The third kappa shape index (κ3) is 3.16. The lowest BCUT2D eigenvalue weighted by Crippen LogP contribution is -2.33. The van der Waals surface area contributed by atoms with Crippen LogP contribution in [0.3, 0.4) is 0 Å². The second-order valence-electron chi connectivity index (χ2n) is 5.60. The van der Waals surface area contributed by atoms with Gasteiger partial charge >= 0.3 is 0 Å². The van der Waals surface area contributed by atoms with Crippen LogP contribution in [0, 0.1) is 22.0 Å². The summed E-state index contributed by atoms with van der Waals surface area (Å²) in [6.07, 6.45) is 3.32. The molecule has 19 heavy (non-hydrogen) atoms. The number of hydrogen-bond donors (Lipinski definition) is 2. The van der Waals surface area contributed by atoms with Crippen LogP contribution < -0.4 is 5.32 Å². The number of nitro groups is 1. The van der Waals surface area contributed by atoms with Gasteiger partial charge < -0.3 is 10.4 Å². The number of phenolic OH excluding ortho intramolecular Hbond substituents is 1. The highest BCUT2D eigenvalue weighted by molar-refractivity contribution is 5.64. The lowest BCUT2D eigenvalue weighted by Gasteiger charge is -2.33. The minimum Gasteiger partial charge on any atom is -0.508 e. The van der Waals surface area contributed by atoms with Gasteiger partial charge in [0.05, 0.1) is 11.0 Å². The Kier molecular flexibility index (Phi) is 3.93. The Morgan fingerprint density at radius 2 is 2.11 bits per heavy atom. The third-order valence-electron chi connectivity index (χ3n) is 3.95. The fourth-order valence-corrected chi connectivity index (χ4v) is 2.87. The molecule has 104 valence electrons. The minimum absolute atomic E-state index is 0.0641. The summed E-state index contributed by atoms with van der Waals surface area (Å²) in [4.78, 5) is 10.5. The molecule has 0 aromatic heterocycles. The van der Waals surface area contributed by atoms with Crippen LogP contribution in [0.4, 0.5) is 11.4 Å². The number of hydrogen-bond acceptors (Lipinski definition) is 4. The Labute approximate surface area is 112 Å². The van der Waals surface area contributed by atoms with Gasteiger partial charge in [0.25, 0.3) is 5.69 Å². The molecule has 5 heteroatoms. The quantitative estimate of drug-likeness (QED) is 0.497. The lowest BCUT2D eigenvalue weighted by molar-refractivity contribution is -0.384. The molecule has 2 rings (SSSR count). The summed E-state index contributed by atoms with van der Waals surface area (Å²) in [6.45, 7) is 4.43. The molecule has 0 saturated heterocycles. The van der Waals surface area contributed by atoms with Crippen LogP contribution in [0.25, 0.3) is 0 Å². The second kappa shape index (κ2) is 5.47. The zero-order valence-electron chi connectivity index (χ0n) is 11.3. The van der Waals surface area contributed by atoms with Crippen molar-refractivity contribution in [1.29, 1.82) is 0 Å². The first-order valence-corrected chi connectivity index (χ1v) is 6.71. The van der Waals surface area contributed by atoms with E-state index < -0.39 is 4.92 Å². The Bertz CT molecular complexity index is 476. The van der Waals surface area contributed by atoms with E-state index in [2.05, 4.69) is 19.2 Å². The molecular weight excluding hydrogens is 244 g/mol. The maximum atomic E-state index is 11.0. The monoisotopic (exact) mass is 264 g/mol. The van der Waals surface area contributed by atoms with Gasteiger partial charge in [-0.15, -0.1) is 0 Å². The molecule has 1 saturated carbocycles. The maximum absolute atomic E-state index is 11.0. The summed E-state index contributed by atoms with van der Waals surface area (Å²) in [6, 6.07) is 4.52. The smallest absolute Gasteiger partial charge is 0.296 e. The SMILES string of the molecule is CC1CCC(Nc2ccc(O)cc2[N+](=O)[O-])C(C)C1. The maximum Gasteiger partial charge on any atom is 0.296 e. The topological polar surface area (TPSA) is 75.4 Å². The Hall–Kier alpha value is -1.78.